The van der Waals surface area contributed by atoms with Gasteiger partial charge in [-0.1, -0.05) is 0 Å². The molecule has 0 spiro atoms. The van der Waals surface area contributed by atoms with Crippen LogP contribution in [0.5, 0.6) is 0 Å². The summed E-state index contributed by atoms with van der Waals surface area (Å²) in [6.45, 7) is 1.48. The predicted molar refractivity (Wildman–Crippen MR) is 33.2 cm³/mol. The molecular formula is C4H7NO3P+. The van der Waals surface area contributed by atoms with Crippen LogP contribution in [-0.4, -0.2) is 11.1 Å². The summed E-state index contributed by atoms with van der Waals surface area (Å²) in [7, 11) is -2.19. The van der Waals surface area contributed by atoms with Crippen molar-refractivity contribution in [1.29, 1.82) is 0 Å². The Labute approximate surface area is 53.2 Å². The second kappa shape index (κ2) is 3.33. The summed E-state index contributed by atoms with van der Waals surface area (Å²) < 4.78 is 10.3. The third-order valence-electron chi connectivity index (χ3n) is 0.730. The Bertz CT molecular complexity index is 159. The van der Waals surface area contributed by atoms with Crippen LogP contribution in [0, 0.1) is 0 Å². The van der Waals surface area contributed by atoms with Gasteiger partial charge >= 0.3 is 13.9 Å². The van der Waals surface area contributed by atoms with E-state index in [9.17, 15) is 9.36 Å². The van der Waals surface area contributed by atoms with E-state index in [1.807, 2.05) is 0 Å². The summed E-state index contributed by atoms with van der Waals surface area (Å²) in [6.07, 6.45) is 1.22. The van der Waals surface area contributed by atoms with Gasteiger partial charge in [0.15, 0.2) is 0 Å². The number of hydrogen-bond acceptors (Lipinski definition) is 2. The summed E-state index contributed by atoms with van der Waals surface area (Å²) in [5.74, 6) is -1.22. The van der Waals surface area contributed by atoms with E-state index in [4.69, 9.17) is 10.6 Å². The zero-order valence-electron chi connectivity index (χ0n) is 4.87. The number of allylic oxidation sites excluding steroid dienone is 1. The molecule has 1 unspecified atom stereocenters. The van der Waals surface area contributed by atoms with Crippen molar-refractivity contribution in [3.8, 4) is 0 Å². The Morgan fingerprint density at radius 2 is 2.22 bits per heavy atom. The smallest absolute Gasteiger partial charge is 0.475 e. The third kappa shape index (κ3) is 2.35. The van der Waals surface area contributed by atoms with Gasteiger partial charge in [-0.05, 0) is 17.6 Å². The number of aliphatic carboxylic acids is 1. The molecule has 0 saturated carbocycles. The molecule has 0 bridgehead atoms. The number of rotatable bonds is 2. The lowest BCUT2D eigenvalue weighted by Crippen LogP contribution is -1.98. The fourth-order valence-corrected chi connectivity index (χ4v) is 0.788. The van der Waals surface area contributed by atoms with Crippen LogP contribution in [0.1, 0.15) is 6.92 Å². The highest BCUT2D eigenvalue weighted by Crippen LogP contribution is 2.22. The molecule has 0 rings (SSSR count). The second-order valence-corrected chi connectivity index (χ2v) is 2.44. The van der Waals surface area contributed by atoms with Crippen molar-refractivity contribution in [2.24, 2.45) is 5.50 Å². The fraction of sp³-hybridized carbons (Fsp3) is 0.250. The summed E-state index contributed by atoms with van der Waals surface area (Å²) >= 11 is 0. The van der Waals surface area contributed by atoms with Gasteiger partial charge in [-0.2, -0.15) is 0 Å². The van der Waals surface area contributed by atoms with E-state index < -0.39 is 13.9 Å². The normalized spacial score (nSPS) is 13.1. The Morgan fingerprint density at radius 1 is 1.78 bits per heavy atom. The van der Waals surface area contributed by atoms with Crippen molar-refractivity contribution in [1.82, 2.24) is 0 Å². The highest BCUT2D eigenvalue weighted by Gasteiger charge is 2.24. The van der Waals surface area contributed by atoms with Crippen LogP contribution in [-0.2, 0) is 9.36 Å². The predicted octanol–water partition coefficient (Wildman–Crippen LogP) is 0.676. The van der Waals surface area contributed by atoms with Gasteiger partial charge in [0.05, 0.1) is 0 Å². The van der Waals surface area contributed by atoms with E-state index in [0.29, 0.717) is 0 Å². The molecule has 0 aromatic carbocycles. The van der Waals surface area contributed by atoms with Crippen molar-refractivity contribution in [3.63, 3.8) is 0 Å². The van der Waals surface area contributed by atoms with Crippen molar-refractivity contribution in [2.45, 2.75) is 6.92 Å². The molecule has 0 aliphatic carbocycles. The molecule has 5 heteroatoms. The van der Waals surface area contributed by atoms with Crippen molar-refractivity contribution in [2.75, 3.05) is 0 Å². The minimum atomic E-state index is -2.19. The van der Waals surface area contributed by atoms with Gasteiger partial charge in [-0.25, -0.2) is 4.79 Å². The van der Waals surface area contributed by atoms with E-state index in [1.54, 1.807) is 0 Å². The van der Waals surface area contributed by atoms with Gasteiger partial charge in [0, 0.05) is 0 Å². The number of carboxylic acid groups (broad SMARTS) is 1. The molecule has 0 heterocycles. The first-order valence-corrected chi connectivity index (χ1v) is 3.54. The SMILES string of the molecule is CC=C(C(=O)O)[P+](N)=O. The Balaban J connectivity index is 4.38. The van der Waals surface area contributed by atoms with Gasteiger partial charge < -0.3 is 5.11 Å². The molecule has 0 aliphatic heterocycles. The molecule has 4 nitrogen and oxygen atoms in total. The maximum atomic E-state index is 10.3. The molecule has 0 radical (unpaired) electrons. The zero-order chi connectivity index (χ0) is 7.44. The van der Waals surface area contributed by atoms with Crippen LogP contribution in [0.3, 0.4) is 0 Å². The number of carbonyl (C=O) groups is 1. The van der Waals surface area contributed by atoms with E-state index in [-0.39, 0.29) is 5.31 Å². The second-order valence-electron chi connectivity index (χ2n) is 1.30. The Kier molecular flexibility index (Phi) is 3.06. The molecule has 0 aromatic rings. The molecule has 0 fully saturated rings. The Hall–Kier alpha value is -0.730. The lowest BCUT2D eigenvalue weighted by atomic mass is 10.5. The zero-order valence-corrected chi connectivity index (χ0v) is 5.76. The molecule has 9 heavy (non-hydrogen) atoms. The van der Waals surface area contributed by atoms with E-state index in [0.717, 1.165) is 0 Å². The summed E-state index contributed by atoms with van der Waals surface area (Å²) in [5.41, 5.74) is 4.81. The average molecular weight is 148 g/mol. The van der Waals surface area contributed by atoms with Crippen molar-refractivity contribution < 1.29 is 14.5 Å². The van der Waals surface area contributed by atoms with Crippen molar-refractivity contribution in [3.05, 3.63) is 11.4 Å². The van der Waals surface area contributed by atoms with Gasteiger partial charge in [0.25, 0.3) is 5.31 Å². The number of hydrogen-bond donors (Lipinski definition) is 2. The molecule has 1 atom stereocenters. The minimum Gasteiger partial charge on any atom is -0.475 e. The lowest BCUT2D eigenvalue weighted by molar-refractivity contribution is -0.131. The van der Waals surface area contributed by atoms with Crippen LogP contribution in [0.25, 0.3) is 0 Å². The fourth-order valence-electron chi connectivity index (χ4n) is 0.345. The molecule has 3 N–H and O–H groups in total. The average Bonchev–Trinajstić information content (AvgIpc) is 1.64. The van der Waals surface area contributed by atoms with Crippen LogP contribution in [0.15, 0.2) is 11.4 Å². The maximum Gasteiger partial charge on any atom is 0.476 e. The molecule has 50 valence electrons. The topological polar surface area (TPSA) is 80.4 Å². The largest absolute Gasteiger partial charge is 0.476 e. The van der Waals surface area contributed by atoms with E-state index in [1.165, 1.54) is 13.0 Å². The first-order chi connectivity index (χ1) is 4.09. The van der Waals surface area contributed by atoms with Gasteiger partial charge in [-0.3, -0.25) is 0 Å². The third-order valence-corrected chi connectivity index (χ3v) is 1.65. The number of carboxylic acids is 1. The van der Waals surface area contributed by atoms with Crippen LogP contribution in [0.2, 0.25) is 0 Å². The quantitative estimate of drug-likeness (QED) is 0.445. The maximum absolute atomic E-state index is 10.3. The standard InChI is InChI=1S/C4H6NO3P/c1-2-3(4(6)7)9(5)8/h2H,1H3,(H2-,5,6,7,8)/p+1. The highest BCUT2D eigenvalue weighted by atomic mass is 31.1. The summed E-state index contributed by atoms with van der Waals surface area (Å²) in [5, 5.41) is 7.98. The van der Waals surface area contributed by atoms with Gasteiger partial charge in [-0.15, -0.1) is 5.50 Å². The van der Waals surface area contributed by atoms with Crippen LogP contribution < -0.4 is 5.50 Å². The first kappa shape index (κ1) is 8.27. The number of nitrogens with two attached hydrogens (primary N) is 1. The summed E-state index contributed by atoms with van der Waals surface area (Å²) in [6, 6.07) is 0. The van der Waals surface area contributed by atoms with Crippen LogP contribution in [0.4, 0.5) is 0 Å². The Morgan fingerprint density at radius 3 is 2.22 bits per heavy atom. The van der Waals surface area contributed by atoms with E-state index >= 15 is 0 Å². The first-order valence-electron chi connectivity index (χ1n) is 2.21. The molecule has 0 aromatic heterocycles. The molecule has 0 amide bonds. The van der Waals surface area contributed by atoms with Gasteiger partial charge in [0.1, 0.15) is 0 Å². The highest BCUT2D eigenvalue weighted by molar-refractivity contribution is 7.48. The lowest BCUT2D eigenvalue weighted by Gasteiger charge is -1.78. The molecular weight excluding hydrogens is 141 g/mol. The molecule has 0 saturated heterocycles. The summed E-state index contributed by atoms with van der Waals surface area (Å²) in [4.78, 5) is 10.0. The monoisotopic (exact) mass is 148 g/mol. The van der Waals surface area contributed by atoms with Gasteiger partial charge in [0.2, 0.25) is 0 Å². The van der Waals surface area contributed by atoms with Crippen LogP contribution >= 0.6 is 7.95 Å². The molecule has 0 aliphatic rings. The minimum absolute atomic E-state index is 0.231. The van der Waals surface area contributed by atoms with E-state index in [2.05, 4.69) is 0 Å². The van der Waals surface area contributed by atoms with Crippen molar-refractivity contribution >= 4 is 13.9 Å².